The van der Waals surface area contributed by atoms with Crippen molar-refractivity contribution in [3.05, 3.63) is 83.3 Å². The fraction of sp³-hybridized carbons (Fsp3) is 0.333. The van der Waals surface area contributed by atoms with Gasteiger partial charge in [-0.1, -0.05) is 87.4 Å². The molecule has 4 nitrogen and oxygen atoms in total. The third-order valence-corrected chi connectivity index (χ3v) is 6.23. The summed E-state index contributed by atoms with van der Waals surface area (Å²) in [5.41, 5.74) is 1.97. The van der Waals surface area contributed by atoms with Crippen molar-refractivity contribution in [1.29, 1.82) is 0 Å². The molecule has 1 heterocycles. The molecule has 3 rings (SSSR count). The summed E-state index contributed by atoms with van der Waals surface area (Å²) in [5, 5.41) is 0.749. The Morgan fingerprint density at radius 3 is 2.19 bits per heavy atom. The van der Waals surface area contributed by atoms with Gasteiger partial charge in [-0.3, -0.25) is 14.6 Å². The molecule has 32 heavy (non-hydrogen) atoms. The van der Waals surface area contributed by atoms with E-state index in [0.29, 0.717) is 11.6 Å². The number of amides is 1. The molecular weight excluding hydrogens is 414 g/mol. The Morgan fingerprint density at radius 2 is 1.56 bits per heavy atom. The summed E-state index contributed by atoms with van der Waals surface area (Å²) in [4.78, 5) is 23.1. The first kappa shape index (κ1) is 24.0. The van der Waals surface area contributed by atoms with Crippen LogP contribution in [0.3, 0.4) is 0 Å². The smallest absolute Gasteiger partial charge is 0.267 e. The molecule has 2 aromatic carbocycles. The molecule has 1 fully saturated rings. The second-order valence-corrected chi connectivity index (χ2v) is 8.84. The van der Waals surface area contributed by atoms with Crippen molar-refractivity contribution in [3.63, 3.8) is 0 Å². The molecule has 1 aliphatic rings. The lowest BCUT2D eigenvalue weighted by molar-refractivity contribution is -0.123. The fourth-order valence-corrected chi connectivity index (χ4v) is 4.31. The van der Waals surface area contributed by atoms with Crippen molar-refractivity contribution in [3.8, 4) is 0 Å². The topological polar surface area (TPSA) is 35.9 Å². The van der Waals surface area contributed by atoms with Crippen LogP contribution in [0.1, 0.15) is 45.1 Å². The van der Waals surface area contributed by atoms with Crippen LogP contribution in [0, 0.1) is 0 Å². The van der Waals surface area contributed by atoms with Gasteiger partial charge >= 0.3 is 0 Å². The number of rotatable bonds is 11. The molecule has 0 saturated carbocycles. The summed E-state index contributed by atoms with van der Waals surface area (Å²) in [5.74, 6) is 0.0281. The van der Waals surface area contributed by atoms with E-state index in [1.54, 1.807) is 0 Å². The number of allylic oxidation sites excluding steroid dienone is 2. The lowest BCUT2D eigenvalue weighted by Crippen LogP contribution is -2.41. The number of thioether (sulfide) groups is 1. The van der Waals surface area contributed by atoms with E-state index in [1.807, 2.05) is 83.8 Å². The third-order valence-electron chi connectivity index (χ3n) is 5.20. The van der Waals surface area contributed by atoms with Gasteiger partial charge in [0.15, 0.2) is 5.17 Å². The molecule has 5 heteroatoms. The maximum Gasteiger partial charge on any atom is 0.267 e. The number of para-hydroxylation sites is 1. The normalized spacial score (nSPS) is 16.8. The van der Waals surface area contributed by atoms with Crippen LogP contribution in [0.15, 0.2) is 82.7 Å². The van der Waals surface area contributed by atoms with Gasteiger partial charge < -0.3 is 0 Å². The molecule has 2 aromatic rings. The number of carbonyl (C=O) groups is 1. The molecule has 1 aliphatic heterocycles. The van der Waals surface area contributed by atoms with Gasteiger partial charge in [0.2, 0.25) is 0 Å². The standard InChI is InChI=1S/C27H33N3OS/c1-3-5-20-29(21-6-4-2)22-30-26(31)25(19-13-16-23-14-9-7-10-15-23)32-27(30)28-24-17-11-8-12-18-24/h7-19H,3-6,20-22H2,1-2H3/b16-13+,25-19-,28-27?. The van der Waals surface area contributed by atoms with Gasteiger partial charge in [-0.2, -0.15) is 0 Å². The Labute approximate surface area is 196 Å². The first-order valence-corrected chi connectivity index (χ1v) is 12.3. The van der Waals surface area contributed by atoms with E-state index in [4.69, 9.17) is 4.99 Å². The average molecular weight is 448 g/mol. The molecule has 168 valence electrons. The summed E-state index contributed by atoms with van der Waals surface area (Å²) in [6.07, 6.45) is 10.4. The number of benzene rings is 2. The monoisotopic (exact) mass is 447 g/mol. The van der Waals surface area contributed by atoms with Crippen molar-refractivity contribution >= 4 is 34.6 Å². The molecular formula is C27H33N3OS. The van der Waals surface area contributed by atoms with Crippen LogP contribution in [0.4, 0.5) is 5.69 Å². The number of aliphatic imine (C=N–C) groups is 1. The lowest BCUT2D eigenvalue weighted by atomic mass is 10.2. The van der Waals surface area contributed by atoms with Crippen LogP contribution >= 0.6 is 11.8 Å². The molecule has 1 saturated heterocycles. The van der Waals surface area contributed by atoms with Crippen molar-refractivity contribution in [1.82, 2.24) is 9.80 Å². The summed E-state index contributed by atoms with van der Waals surface area (Å²) in [6.45, 7) is 6.98. The number of unbranched alkanes of at least 4 members (excludes halogenated alkanes) is 2. The van der Waals surface area contributed by atoms with Crippen LogP contribution in [-0.4, -0.2) is 40.6 Å². The maximum atomic E-state index is 13.3. The van der Waals surface area contributed by atoms with Crippen LogP contribution in [0.25, 0.3) is 6.08 Å². The minimum absolute atomic E-state index is 0.0281. The molecule has 0 unspecified atom stereocenters. The molecule has 0 aliphatic carbocycles. The Balaban J connectivity index is 1.83. The van der Waals surface area contributed by atoms with Gasteiger partial charge in [0.1, 0.15) is 0 Å². The zero-order valence-electron chi connectivity index (χ0n) is 19.1. The van der Waals surface area contributed by atoms with Crippen molar-refractivity contribution in [2.45, 2.75) is 39.5 Å². The number of nitrogens with zero attached hydrogens (tertiary/aromatic N) is 3. The molecule has 0 radical (unpaired) electrons. The second kappa shape index (κ2) is 13.0. The van der Waals surface area contributed by atoms with Crippen LogP contribution < -0.4 is 0 Å². The Kier molecular flexibility index (Phi) is 9.79. The van der Waals surface area contributed by atoms with Gasteiger partial charge in [0.05, 0.1) is 17.3 Å². The van der Waals surface area contributed by atoms with E-state index < -0.39 is 0 Å². The van der Waals surface area contributed by atoms with E-state index in [9.17, 15) is 4.79 Å². The van der Waals surface area contributed by atoms with Crippen molar-refractivity contribution in [2.24, 2.45) is 4.99 Å². The van der Waals surface area contributed by atoms with Gasteiger partial charge in [0.25, 0.3) is 5.91 Å². The molecule has 0 bridgehead atoms. The van der Waals surface area contributed by atoms with Crippen molar-refractivity contribution in [2.75, 3.05) is 19.8 Å². The first-order chi connectivity index (χ1) is 15.7. The highest BCUT2D eigenvalue weighted by Crippen LogP contribution is 2.33. The Bertz CT molecular complexity index is 930. The number of hydrogen-bond donors (Lipinski definition) is 0. The Hall–Kier alpha value is -2.63. The largest absolute Gasteiger partial charge is 0.286 e. The van der Waals surface area contributed by atoms with Crippen LogP contribution in [0.5, 0.6) is 0 Å². The quantitative estimate of drug-likeness (QED) is 0.359. The number of carbonyl (C=O) groups excluding carboxylic acids is 1. The first-order valence-electron chi connectivity index (χ1n) is 11.5. The zero-order valence-corrected chi connectivity index (χ0v) is 19.9. The van der Waals surface area contributed by atoms with E-state index in [1.165, 1.54) is 11.8 Å². The number of amidine groups is 1. The minimum Gasteiger partial charge on any atom is -0.286 e. The third kappa shape index (κ3) is 7.21. The Morgan fingerprint density at radius 1 is 0.938 bits per heavy atom. The number of hydrogen-bond acceptors (Lipinski definition) is 4. The predicted octanol–water partition coefficient (Wildman–Crippen LogP) is 6.71. The maximum absolute atomic E-state index is 13.3. The van der Waals surface area contributed by atoms with E-state index >= 15 is 0 Å². The minimum atomic E-state index is 0.0281. The van der Waals surface area contributed by atoms with Gasteiger partial charge in [-0.15, -0.1) is 0 Å². The summed E-state index contributed by atoms with van der Waals surface area (Å²) >= 11 is 1.46. The fourth-order valence-electron chi connectivity index (χ4n) is 3.37. The highest BCUT2D eigenvalue weighted by atomic mass is 32.2. The summed E-state index contributed by atoms with van der Waals surface area (Å²) < 4.78 is 0. The van der Waals surface area contributed by atoms with Crippen LogP contribution in [0.2, 0.25) is 0 Å². The molecule has 0 N–H and O–H groups in total. The highest BCUT2D eigenvalue weighted by molar-refractivity contribution is 8.18. The van der Waals surface area contributed by atoms with Gasteiger partial charge in [-0.25, -0.2) is 4.99 Å². The lowest BCUT2D eigenvalue weighted by Gasteiger charge is -2.27. The molecule has 0 spiro atoms. The molecule has 0 atom stereocenters. The van der Waals surface area contributed by atoms with Crippen molar-refractivity contribution < 1.29 is 4.79 Å². The highest BCUT2D eigenvalue weighted by Gasteiger charge is 2.34. The average Bonchev–Trinajstić information content (AvgIpc) is 3.11. The predicted molar refractivity (Wildman–Crippen MR) is 138 cm³/mol. The van der Waals surface area contributed by atoms with E-state index in [-0.39, 0.29) is 5.91 Å². The van der Waals surface area contributed by atoms with Gasteiger partial charge in [0, 0.05) is 0 Å². The molecule has 1 amide bonds. The van der Waals surface area contributed by atoms with E-state index in [0.717, 1.165) is 55.2 Å². The second-order valence-electron chi connectivity index (χ2n) is 7.83. The SMILES string of the molecule is CCCCN(CCCC)CN1C(=O)/C(=C/C=C/c2ccccc2)SC1=Nc1ccccc1. The summed E-state index contributed by atoms with van der Waals surface area (Å²) in [7, 11) is 0. The molecule has 0 aromatic heterocycles. The van der Waals surface area contributed by atoms with E-state index in [2.05, 4.69) is 18.7 Å². The van der Waals surface area contributed by atoms with Crippen LogP contribution in [-0.2, 0) is 4.79 Å². The van der Waals surface area contributed by atoms with Gasteiger partial charge in [-0.05, 0) is 61.5 Å². The summed E-state index contributed by atoms with van der Waals surface area (Å²) in [6, 6.07) is 20.0. The zero-order chi connectivity index (χ0) is 22.6.